The third-order valence-electron chi connectivity index (χ3n) is 4.09. The molecule has 3 rings (SSSR count). The largest absolute Gasteiger partial charge is 0.340 e. The number of aromatic nitrogens is 2. The fourth-order valence-electron chi connectivity index (χ4n) is 2.77. The molecule has 3 nitrogen and oxygen atoms in total. The van der Waals surface area contributed by atoms with E-state index in [-0.39, 0.29) is 5.82 Å². The van der Waals surface area contributed by atoms with Crippen LogP contribution < -0.4 is 5.32 Å². The molecule has 0 saturated carbocycles. The van der Waals surface area contributed by atoms with Gasteiger partial charge in [0.25, 0.3) is 0 Å². The topological polar surface area (TPSA) is 37.8 Å². The summed E-state index contributed by atoms with van der Waals surface area (Å²) in [6.07, 6.45) is 1.94. The molecule has 0 fully saturated rings. The zero-order valence-corrected chi connectivity index (χ0v) is 15.5. The van der Waals surface area contributed by atoms with E-state index in [0.717, 1.165) is 39.5 Å². The van der Waals surface area contributed by atoms with Crippen molar-refractivity contribution in [1.82, 2.24) is 9.97 Å². The number of benzene rings is 2. The lowest BCUT2D eigenvalue weighted by Crippen LogP contribution is -2.01. The van der Waals surface area contributed by atoms with Gasteiger partial charge in [0.2, 0.25) is 0 Å². The third kappa shape index (κ3) is 3.82. The molecule has 2 aromatic carbocycles. The summed E-state index contributed by atoms with van der Waals surface area (Å²) in [4.78, 5) is 9.16. The van der Waals surface area contributed by atoms with E-state index in [1.807, 2.05) is 25.3 Å². The maximum absolute atomic E-state index is 13.4. The van der Waals surface area contributed by atoms with Gasteiger partial charge < -0.3 is 5.32 Å². The zero-order chi connectivity index (χ0) is 18.0. The van der Waals surface area contributed by atoms with E-state index >= 15 is 0 Å². The van der Waals surface area contributed by atoms with E-state index in [1.54, 1.807) is 6.07 Å². The number of hydrogen-bond acceptors (Lipinski definition) is 4. The monoisotopic (exact) mass is 353 g/mol. The molecule has 25 heavy (non-hydrogen) atoms. The lowest BCUT2D eigenvalue weighted by atomic mass is 10.1. The van der Waals surface area contributed by atoms with Crippen LogP contribution in [0.25, 0.3) is 11.3 Å². The van der Waals surface area contributed by atoms with Gasteiger partial charge in [0.15, 0.2) is 5.16 Å². The van der Waals surface area contributed by atoms with Crippen LogP contribution in [0.3, 0.4) is 0 Å². The van der Waals surface area contributed by atoms with E-state index in [1.165, 1.54) is 23.9 Å². The Labute approximate surface area is 151 Å². The molecule has 1 heterocycles. The Balaban J connectivity index is 2.06. The summed E-state index contributed by atoms with van der Waals surface area (Å²) >= 11 is 1.48. The van der Waals surface area contributed by atoms with Crippen LogP contribution in [0.4, 0.5) is 15.9 Å². The lowest BCUT2D eigenvalue weighted by molar-refractivity contribution is 0.627. The minimum absolute atomic E-state index is 0.241. The Hall–Kier alpha value is -2.40. The quantitative estimate of drug-likeness (QED) is 0.484. The molecule has 1 aromatic heterocycles. The molecule has 5 heteroatoms. The highest BCUT2D eigenvalue weighted by Crippen LogP contribution is 2.29. The van der Waals surface area contributed by atoms with Crippen molar-refractivity contribution in [2.45, 2.75) is 25.9 Å². The number of nitrogens with one attached hydrogen (secondary N) is 1. The van der Waals surface area contributed by atoms with Crippen molar-refractivity contribution in [2.24, 2.45) is 0 Å². The summed E-state index contributed by atoms with van der Waals surface area (Å²) in [5.41, 5.74) is 5.90. The SMILES string of the molecule is CSc1nc(Nc2c(C)cccc2C)cc(-c2ccc(F)cc2C)n1. The zero-order valence-electron chi connectivity index (χ0n) is 14.7. The normalized spacial score (nSPS) is 10.8. The molecule has 0 spiro atoms. The van der Waals surface area contributed by atoms with Crippen molar-refractivity contribution in [2.75, 3.05) is 11.6 Å². The van der Waals surface area contributed by atoms with Crippen LogP contribution in [-0.2, 0) is 0 Å². The molecular weight excluding hydrogens is 333 g/mol. The van der Waals surface area contributed by atoms with Gasteiger partial charge in [0, 0.05) is 17.3 Å². The Kier molecular flexibility index (Phi) is 5.04. The predicted molar refractivity (Wildman–Crippen MR) is 103 cm³/mol. The smallest absolute Gasteiger partial charge is 0.189 e. The summed E-state index contributed by atoms with van der Waals surface area (Å²) < 4.78 is 13.4. The van der Waals surface area contributed by atoms with Crippen molar-refractivity contribution < 1.29 is 4.39 Å². The molecule has 0 saturated heterocycles. The molecule has 0 radical (unpaired) electrons. The van der Waals surface area contributed by atoms with Crippen molar-refractivity contribution in [3.8, 4) is 11.3 Å². The average molecular weight is 353 g/mol. The second-order valence-corrected chi connectivity index (χ2v) is 6.75. The molecule has 0 aliphatic carbocycles. The van der Waals surface area contributed by atoms with Crippen LogP contribution in [0, 0.1) is 26.6 Å². The van der Waals surface area contributed by atoms with Gasteiger partial charge in [-0.05, 0) is 61.9 Å². The third-order valence-corrected chi connectivity index (χ3v) is 4.63. The molecule has 1 N–H and O–H groups in total. The van der Waals surface area contributed by atoms with Crippen molar-refractivity contribution in [3.05, 3.63) is 65.0 Å². The maximum Gasteiger partial charge on any atom is 0.189 e. The first-order chi connectivity index (χ1) is 12.0. The summed E-state index contributed by atoms with van der Waals surface area (Å²) in [5, 5.41) is 4.09. The van der Waals surface area contributed by atoms with Crippen LogP contribution in [-0.4, -0.2) is 16.2 Å². The fraction of sp³-hybridized carbons (Fsp3) is 0.200. The minimum Gasteiger partial charge on any atom is -0.340 e. The number of rotatable bonds is 4. The maximum atomic E-state index is 13.4. The van der Waals surface area contributed by atoms with Gasteiger partial charge in [0.1, 0.15) is 11.6 Å². The van der Waals surface area contributed by atoms with Crippen molar-refractivity contribution in [1.29, 1.82) is 0 Å². The van der Waals surface area contributed by atoms with Crippen LogP contribution >= 0.6 is 11.8 Å². The molecule has 0 bridgehead atoms. The Morgan fingerprint density at radius 2 is 1.64 bits per heavy atom. The molecule has 0 amide bonds. The van der Waals surface area contributed by atoms with E-state index in [4.69, 9.17) is 0 Å². The first-order valence-corrected chi connectivity index (χ1v) is 9.23. The van der Waals surface area contributed by atoms with E-state index in [0.29, 0.717) is 5.16 Å². The standard InChI is InChI=1S/C20H20FN3S/c1-12-6-5-7-13(2)19(12)23-18-11-17(22-20(24-18)25-4)16-9-8-15(21)10-14(16)3/h5-11H,1-4H3,(H,22,23,24). The number of aryl methyl sites for hydroxylation is 3. The first-order valence-electron chi connectivity index (χ1n) is 8.01. The second-order valence-electron chi connectivity index (χ2n) is 5.98. The number of hydrogen-bond donors (Lipinski definition) is 1. The fourth-order valence-corrected chi connectivity index (χ4v) is 3.15. The van der Waals surface area contributed by atoms with Crippen LogP contribution in [0.2, 0.25) is 0 Å². The number of para-hydroxylation sites is 1. The summed E-state index contributed by atoms with van der Waals surface area (Å²) in [6, 6.07) is 12.8. The highest BCUT2D eigenvalue weighted by molar-refractivity contribution is 7.98. The number of halogens is 1. The molecule has 0 atom stereocenters. The molecular formula is C20H20FN3S. The van der Waals surface area contributed by atoms with Crippen LogP contribution in [0.15, 0.2) is 47.6 Å². The van der Waals surface area contributed by atoms with Crippen LogP contribution in [0.5, 0.6) is 0 Å². The molecule has 0 aliphatic rings. The number of anilines is 2. The summed E-state index contributed by atoms with van der Waals surface area (Å²) in [6.45, 7) is 6.02. The van der Waals surface area contributed by atoms with Gasteiger partial charge in [-0.15, -0.1) is 0 Å². The number of thioether (sulfide) groups is 1. The van der Waals surface area contributed by atoms with Gasteiger partial charge in [-0.3, -0.25) is 0 Å². The second kappa shape index (κ2) is 7.23. The summed E-state index contributed by atoms with van der Waals surface area (Å²) in [7, 11) is 0. The Morgan fingerprint density at radius 1 is 0.920 bits per heavy atom. The van der Waals surface area contributed by atoms with Crippen molar-refractivity contribution >= 4 is 23.3 Å². The highest BCUT2D eigenvalue weighted by atomic mass is 32.2. The van der Waals surface area contributed by atoms with Crippen molar-refractivity contribution in [3.63, 3.8) is 0 Å². The molecule has 128 valence electrons. The van der Waals surface area contributed by atoms with E-state index in [9.17, 15) is 4.39 Å². The Morgan fingerprint density at radius 3 is 2.28 bits per heavy atom. The number of nitrogens with zero attached hydrogens (tertiary/aromatic N) is 2. The Bertz CT molecular complexity index is 905. The minimum atomic E-state index is -0.241. The molecule has 3 aromatic rings. The lowest BCUT2D eigenvalue weighted by Gasteiger charge is -2.14. The van der Waals surface area contributed by atoms with E-state index in [2.05, 4.69) is 41.3 Å². The van der Waals surface area contributed by atoms with Gasteiger partial charge in [-0.2, -0.15) is 0 Å². The molecule has 0 aliphatic heterocycles. The first kappa shape index (κ1) is 17.4. The van der Waals surface area contributed by atoms with Gasteiger partial charge >= 0.3 is 0 Å². The molecule has 0 unspecified atom stereocenters. The average Bonchev–Trinajstić information content (AvgIpc) is 2.58. The predicted octanol–water partition coefficient (Wildman–Crippen LogP) is 5.67. The van der Waals surface area contributed by atoms with E-state index < -0.39 is 0 Å². The summed E-state index contributed by atoms with van der Waals surface area (Å²) in [5.74, 6) is 0.491. The van der Waals surface area contributed by atoms with Gasteiger partial charge in [-0.25, -0.2) is 14.4 Å². The van der Waals surface area contributed by atoms with Crippen LogP contribution in [0.1, 0.15) is 16.7 Å². The van der Waals surface area contributed by atoms with Gasteiger partial charge in [0.05, 0.1) is 5.69 Å². The highest BCUT2D eigenvalue weighted by Gasteiger charge is 2.11. The van der Waals surface area contributed by atoms with Gasteiger partial charge in [-0.1, -0.05) is 30.0 Å².